The first-order valence-electron chi connectivity index (χ1n) is 15.3. The zero-order valence-electron chi connectivity index (χ0n) is 26.1. The third kappa shape index (κ3) is 8.16. The third-order valence-electron chi connectivity index (χ3n) is 8.35. The number of fused-ring (bicyclic) bond motifs is 1. The van der Waals surface area contributed by atoms with Gasteiger partial charge in [0.2, 0.25) is 5.95 Å². The van der Waals surface area contributed by atoms with Crippen LogP contribution in [0.3, 0.4) is 0 Å². The number of ether oxygens (including phenoxy) is 2. The molecule has 2 aliphatic rings. The van der Waals surface area contributed by atoms with Crippen LogP contribution in [-0.2, 0) is 19.3 Å². The molecule has 248 valence electrons. The van der Waals surface area contributed by atoms with Crippen molar-refractivity contribution >= 4 is 38.3 Å². The number of imidazole rings is 1. The van der Waals surface area contributed by atoms with Crippen LogP contribution in [0.1, 0.15) is 25.5 Å². The van der Waals surface area contributed by atoms with Gasteiger partial charge in [0.05, 0.1) is 53.4 Å². The normalized spacial score (nSPS) is 21.9. The van der Waals surface area contributed by atoms with Crippen LogP contribution in [0, 0.1) is 11.8 Å². The predicted molar refractivity (Wildman–Crippen MR) is 175 cm³/mol. The molecule has 46 heavy (non-hydrogen) atoms. The Balaban J connectivity index is 1.33. The standard InChI is InChI=1S/C32H41F2N7O4S/c1-21-19-40(20-27(35)31(21)45-14-15-46(3,42)43)30-7-11-36-18-29(30)38-32-37-17-25-4-5-28(39-41(25)32)22(2)26(34)16-24(6-10-33)23-8-12-44-13-9-23/h4-7,11,16-18,21,23,27,31H,2,8-10,12-15,19-20,35H2,1,3H3,(H,37,38)/b24-6+,26-16+/t21-,27+,31-/m0/s1. The van der Waals surface area contributed by atoms with E-state index in [2.05, 4.69) is 31.9 Å². The van der Waals surface area contributed by atoms with E-state index in [1.54, 1.807) is 35.2 Å². The van der Waals surface area contributed by atoms with Gasteiger partial charge in [0, 0.05) is 56.3 Å². The molecule has 0 radical (unpaired) electrons. The van der Waals surface area contributed by atoms with Crippen molar-refractivity contribution in [2.45, 2.75) is 31.9 Å². The van der Waals surface area contributed by atoms with E-state index in [0.717, 1.165) is 5.69 Å². The van der Waals surface area contributed by atoms with E-state index in [0.29, 0.717) is 67.6 Å². The molecule has 2 aliphatic heterocycles. The van der Waals surface area contributed by atoms with Crippen LogP contribution in [0.25, 0.3) is 11.1 Å². The lowest BCUT2D eigenvalue weighted by Gasteiger charge is -2.42. The topological polar surface area (TPSA) is 137 Å². The van der Waals surface area contributed by atoms with E-state index >= 15 is 4.39 Å². The van der Waals surface area contributed by atoms with Gasteiger partial charge in [-0.1, -0.05) is 19.6 Å². The lowest BCUT2D eigenvalue weighted by Crippen LogP contribution is -2.57. The maximum absolute atomic E-state index is 15.5. The van der Waals surface area contributed by atoms with Gasteiger partial charge >= 0.3 is 0 Å². The molecule has 3 atom stereocenters. The molecule has 0 aromatic carbocycles. The highest BCUT2D eigenvalue weighted by Crippen LogP contribution is 2.33. The zero-order chi connectivity index (χ0) is 32.8. The van der Waals surface area contributed by atoms with Gasteiger partial charge in [-0.25, -0.2) is 22.2 Å². The molecule has 5 rings (SSSR count). The minimum absolute atomic E-state index is 0.0207. The van der Waals surface area contributed by atoms with Gasteiger partial charge in [0.15, 0.2) is 0 Å². The summed E-state index contributed by atoms with van der Waals surface area (Å²) in [5, 5.41) is 7.94. The summed E-state index contributed by atoms with van der Waals surface area (Å²) in [5.74, 6) is -0.201. The number of alkyl halides is 1. The summed E-state index contributed by atoms with van der Waals surface area (Å²) in [6, 6.07) is 4.98. The largest absolute Gasteiger partial charge is 0.381 e. The fourth-order valence-corrected chi connectivity index (χ4v) is 6.35. The maximum Gasteiger partial charge on any atom is 0.229 e. The minimum Gasteiger partial charge on any atom is -0.381 e. The Morgan fingerprint density at radius 2 is 2.02 bits per heavy atom. The summed E-state index contributed by atoms with van der Waals surface area (Å²) < 4.78 is 64.7. The van der Waals surface area contributed by atoms with Gasteiger partial charge in [0.25, 0.3) is 0 Å². The van der Waals surface area contributed by atoms with Crippen molar-refractivity contribution in [3.05, 3.63) is 72.6 Å². The van der Waals surface area contributed by atoms with Crippen molar-refractivity contribution in [2.75, 3.05) is 61.8 Å². The van der Waals surface area contributed by atoms with Crippen molar-refractivity contribution in [1.82, 2.24) is 19.6 Å². The summed E-state index contributed by atoms with van der Waals surface area (Å²) in [5.41, 5.74) is 9.68. The molecule has 0 spiro atoms. The van der Waals surface area contributed by atoms with Crippen LogP contribution in [0.15, 0.2) is 66.9 Å². The quantitative estimate of drug-likeness (QED) is 0.272. The number of sulfone groups is 1. The smallest absolute Gasteiger partial charge is 0.229 e. The minimum atomic E-state index is -3.13. The highest BCUT2D eigenvalue weighted by molar-refractivity contribution is 7.90. The Hall–Kier alpha value is -3.72. The van der Waals surface area contributed by atoms with E-state index in [-0.39, 0.29) is 41.9 Å². The number of rotatable bonds is 12. The number of halogens is 2. The number of pyridine rings is 1. The zero-order valence-corrected chi connectivity index (χ0v) is 26.9. The number of allylic oxidation sites excluding steroid dienone is 5. The molecule has 2 fully saturated rings. The van der Waals surface area contributed by atoms with E-state index in [4.69, 9.17) is 15.2 Å². The van der Waals surface area contributed by atoms with Crippen LogP contribution in [0.5, 0.6) is 0 Å². The first kappa shape index (κ1) is 33.6. The lowest BCUT2D eigenvalue weighted by atomic mass is 9.90. The Morgan fingerprint density at radius 3 is 2.74 bits per heavy atom. The summed E-state index contributed by atoms with van der Waals surface area (Å²) in [4.78, 5) is 10.9. The molecule has 14 heteroatoms. The summed E-state index contributed by atoms with van der Waals surface area (Å²) in [6.45, 7) is 7.61. The second-order valence-corrected chi connectivity index (χ2v) is 14.1. The molecule has 0 bridgehead atoms. The Bertz CT molecular complexity index is 1690. The van der Waals surface area contributed by atoms with Crippen LogP contribution in [-0.4, -0.2) is 91.7 Å². The van der Waals surface area contributed by atoms with E-state index in [1.807, 2.05) is 13.0 Å². The molecule has 11 nitrogen and oxygen atoms in total. The highest BCUT2D eigenvalue weighted by atomic mass is 32.2. The van der Waals surface area contributed by atoms with E-state index in [1.165, 1.54) is 18.4 Å². The average Bonchev–Trinajstić information content (AvgIpc) is 3.43. The van der Waals surface area contributed by atoms with Crippen LogP contribution in [0.2, 0.25) is 0 Å². The molecule has 0 aliphatic carbocycles. The number of nitrogens with one attached hydrogen (secondary N) is 1. The Morgan fingerprint density at radius 1 is 1.24 bits per heavy atom. The first-order valence-corrected chi connectivity index (χ1v) is 17.4. The van der Waals surface area contributed by atoms with Gasteiger partial charge in [0.1, 0.15) is 22.3 Å². The molecular formula is C32H41F2N7O4S. The number of nitrogens with zero attached hydrogens (tertiary/aromatic N) is 5. The van der Waals surface area contributed by atoms with Crippen molar-refractivity contribution in [1.29, 1.82) is 0 Å². The second-order valence-electron chi connectivity index (χ2n) is 11.9. The second kappa shape index (κ2) is 14.8. The van der Waals surface area contributed by atoms with E-state index in [9.17, 15) is 12.8 Å². The molecule has 0 unspecified atom stereocenters. The fourth-order valence-electron chi connectivity index (χ4n) is 5.95. The summed E-state index contributed by atoms with van der Waals surface area (Å²) in [6.07, 6.45) is 10.1. The van der Waals surface area contributed by atoms with Crippen LogP contribution >= 0.6 is 0 Å². The number of hydrogen-bond acceptors (Lipinski definition) is 10. The first-order chi connectivity index (χ1) is 22.0. The third-order valence-corrected chi connectivity index (χ3v) is 9.26. The van der Waals surface area contributed by atoms with Gasteiger partial charge in [-0.3, -0.25) is 4.98 Å². The molecule has 3 aromatic rings. The van der Waals surface area contributed by atoms with Crippen LogP contribution < -0.4 is 16.0 Å². The number of aromatic nitrogens is 4. The number of anilines is 3. The van der Waals surface area contributed by atoms with Crippen molar-refractivity contribution in [2.24, 2.45) is 17.6 Å². The number of piperidine rings is 1. The molecule has 5 heterocycles. The Kier molecular flexibility index (Phi) is 10.8. The lowest BCUT2D eigenvalue weighted by molar-refractivity contribution is 0.00183. The molecule has 3 aromatic heterocycles. The Labute approximate surface area is 268 Å². The van der Waals surface area contributed by atoms with Gasteiger partial charge in [-0.2, -0.15) is 9.61 Å². The van der Waals surface area contributed by atoms with Crippen LogP contribution in [0.4, 0.5) is 26.1 Å². The van der Waals surface area contributed by atoms with Crippen molar-refractivity contribution in [3.8, 4) is 0 Å². The highest BCUT2D eigenvalue weighted by Gasteiger charge is 2.34. The molecule has 2 saturated heterocycles. The maximum atomic E-state index is 15.5. The molecule has 3 N–H and O–H groups in total. The fraction of sp³-hybridized carbons (Fsp3) is 0.469. The van der Waals surface area contributed by atoms with Crippen molar-refractivity contribution in [3.63, 3.8) is 0 Å². The number of hydrogen-bond donors (Lipinski definition) is 2. The average molecular weight is 658 g/mol. The molecular weight excluding hydrogens is 616 g/mol. The van der Waals surface area contributed by atoms with Gasteiger partial charge < -0.3 is 25.4 Å². The van der Waals surface area contributed by atoms with Crippen molar-refractivity contribution < 1.29 is 26.7 Å². The molecule has 0 saturated carbocycles. The van der Waals surface area contributed by atoms with Gasteiger partial charge in [-0.15, -0.1) is 0 Å². The summed E-state index contributed by atoms with van der Waals surface area (Å²) in [7, 11) is -3.13. The predicted octanol–water partition coefficient (Wildman–Crippen LogP) is 4.27. The molecule has 0 amide bonds. The van der Waals surface area contributed by atoms with E-state index < -0.39 is 22.3 Å². The monoisotopic (exact) mass is 657 g/mol. The number of nitrogens with two attached hydrogens (primary N) is 1. The summed E-state index contributed by atoms with van der Waals surface area (Å²) >= 11 is 0. The SMILES string of the molecule is C=C(/C(F)=C\C(=C/CF)C1CCOCC1)c1ccc2cnc(Nc3cnccc3N3C[C@@H](N)[C@@H](OCCS(C)(=O)=O)[C@@H](C)C3)n2n1. The van der Waals surface area contributed by atoms with Gasteiger partial charge in [-0.05, 0) is 48.6 Å².